The van der Waals surface area contributed by atoms with E-state index in [0.29, 0.717) is 12.2 Å². The van der Waals surface area contributed by atoms with Gasteiger partial charge in [0.25, 0.3) is 0 Å². The van der Waals surface area contributed by atoms with Crippen molar-refractivity contribution in [3.8, 4) is 11.5 Å². The van der Waals surface area contributed by atoms with Gasteiger partial charge in [0.1, 0.15) is 0 Å². The molecule has 0 aliphatic rings. The van der Waals surface area contributed by atoms with E-state index in [2.05, 4.69) is 10.1 Å². The lowest BCUT2D eigenvalue weighted by molar-refractivity contribution is -0.117. The monoisotopic (exact) mass is 375 g/mol. The van der Waals surface area contributed by atoms with E-state index in [4.69, 9.17) is 4.74 Å². The number of hydrogen-bond donors (Lipinski definition) is 1. The molecule has 144 valence electrons. The second kappa shape index (κ2) is 9.71. The Labute approximate surface area is 157 Å². The van der Waals surface area contributed by atoms with Crippen LogP contribution < -0.4 is 14.8 Å². The molecule has 0 aliphatic carbocycles. The minimum atomic E-state index is -2.93. The van der Waals surface area contributed by atoms with E-state index >= 15 is 0 Å². The number of carbonyl (C=O) groups is 1. The maximum atomic E-state index is 12.4. The summed E-state index contributed by atoms with van der Waals surface area (Å²) in [6.45, 7) is 3.03. The van der Waals surface area contributed by atoms with Crippen molar-refractivity contribution in [1.29, 1.82) is 0 Å². The number of amides is 1. The summed E-state index contributed by atoms with van der Waals surface area (Å²) in [5.41, 5.74) is 2.79. The summed E-state index contributed by atoms with van der Waals surface area (Å²) in [6, 6.07) is 12.2. The number of halogens is 2. The van der Waals surface area contributed by atoms with Crippen LogP contribution in [0.1, 0.15) is 36.6 Å². The zero-order chi connectivity index (χ0) is 19.8. The molecule has 0 fully saturated rings. The highest BCUT2D eigenvalue weighted by Crippen LogP contribution is 2.30. The Morgan fingerprint density at radius 1 is 1.19 bits per heavy atom. The lowest BCUT2D eigenvalue weighted by atomic mass is 10.0. The van der Waals surface area contributed by atoms with Crippen LogP contribution in [0, 0.1) is 6.92 Å². The van der Waals surface area contributed by atoms with E-state index in [1.54, 1.807) is 25.1 Å². The van der Waals surface area contributed by atoms with Gasteiger partial charge in [-0.1, -0.05) is 30.3 Å². The third-order valence-electron chi connectivity index (χ3n) is 3.92. The lowest BCUT2D eigenvalue weighted by Crippen LogP contribution is -2.25. The first-order chi connectivity index (χ1) is 12.9. The average Bonchev–Trinajstić information content (AvgIpc) is 2.62. The number of benzene rings is 2. The summed E-state index contributed by atoms with van der Waals surface area (Å²) in [6.07, 6.45) is 2.99. The first-order valence-corrected chi connectivity index (χ1v) is 8.66. The SMILES string of the molecule is CCOc1cc(/C=C/C(=O)NC(C)c2ccccc2C)ccc1OC(F)F. The molecule has 1 unspecified atom stereocenters. The topological polar surface area (TPSA) is 47.6 Å². The molecule has 27 heavy (non-hydrogen) atoms. The third-order valence-corrected chi connectivity index (χ3v) is 3.92. The molecular weight excluding hydrogens is 352 g/mol. The summed E-state index contributed by atoms with van der Waals surface area (Å²) in [5.74, 6) is -0.0908. The first-order valence-electron chi connectivity index (χ1n) is 8.66. The second-order valence-corrected chi connectivity index (χ2v) is 5.94. The van der Waals surface area contributed by atoms with Gasteiger partial charge in [-0.15, -0.1) is 0 Å². The average molecular weight is 375 g/mol. The molecule has 1 atom stereocenters. The quantitative estimate of drug-likeness (QED) is 0.669. The van der Waals surface area contributed by atoms with Crippen molar-refractivity contribution in [2.24, 2.45) is 0 Å². The summed E-state index contributed by atoms with van der Waals surface area (Å²) < 4.78 is 34.6. The van der Waals surface area contributed by atoms with Crippen molar-refractivity contribution in [3.05, 3.63) is 65.2 Å². The molecule has 4 nitrogen and oxygen atoms in total. The molecule has 0 aliphatic heterocycles. The normalized spacial score (nSPS) is 12.2. The predicted molar refractivity (Wildman–Crippen MR) is 101 cm³/mol. The smallest absolute Gasteiger partial charge is 0.387 e. The summed E-state index contributed by atoms with van der Waals surface area (Å²) in [5, 5.41) is 2.90. The van der Waals surface area contributed by atoms with Crippen molar-refractivity contribution in [2.75, 3.05) is 6.61 Å². The van der Waals surface area contributed by atoms with Crippen molar-refractivity contribution in [2.45, 2.75) is 33.4 Å². The van der Waals surface area contributed by atoms with Gasteiger partial charge in [0.15, 0.2) is 11.5 Å². The van der Waals surface area contributed by atoms with Gasteiger partial charge in [-0.25, -0.2) is 0 Å². The molecule has 0 saturated heterocycles. The molecule has 1 N–H and O–H groups in total. The van der Waals surface area contributed by atoms with Crippen LogP contribution in [0.15, 0.2) is 48.5 Å². The van der Waals surface area contributed by atoms with Crippen LogP contribution in [-0.4, -0.2) is 19.1 Å². The number of carbonyl (C=O) groups excluding carboxylic acids is 1. The van der Waals surface area contributed by atoms with E-state index in [-0.39, 0.29) is 23.4 Å². The number of alkyl halides is 2. The highest BCUT2D eigenvalue weighted by atomic mass is 19.3. The Balaban J connectivity index is 2.06. The number of nitrogens with one attached hydrogen (secondary N) is 1. The number of aryl methyl sites for hydroxylation is 1. The van der Waals surface area contributed by atoms with E-state index in [1.807, 2.05) is 38.1 Å². The molecule has 0 heterocycles. The molecule has 0 radical (unpaired) electrons. The van der Waals surface area contributed by atoms with E-state index in [1.165, 1.54) is 12.1 Å². The zero-order valence-electron chi connectivity index (χ0n) is 15.5. The van der Waals surface area contributed by atoms with Gasteiger partial charge < -0.3 is 14.8 Å². The van der Waals surface area contributed by atoms with Gasteiger partial charge in [-0.2, -0.15) is 8.78 Å². The van der Waals surface area contributed by atoms with Crippen LogP contribution in [0.5, 0.6) is 11.5 Å². The molecule has 2 aromatic rings. The highest BCUT2D eigenvalue weighted by Gasteiger charge is 2.12. The highest BCUT2D eigenvalue weighted by molar-refractivity contribution is 5.92. The Morgan fingerprint density at radius 2 is 1.93 bits per heavy atom. The van der Waals surface area contributed by atoms with E-state index in [0.717, 1.165) is 11.1 Å². The summed E-state index contributed by atoms with van der Waals surface area (Å²) in [4.78, 5) is 12.2. The Bertz CT molecular complexity index is 806. The van der Waals surface area contributed by atoms with Crippen molar-refractivity contribution >= 4 is 12.0 Å². The standard InChI is InChI=1S/C21H23F2NO3/c1-4-26-19-13-16(9-11-18(19)27-21(22)23)10-12-20(25)24-15(3)17-8-6-5-7-14(17)2/h5-13,15,21H,4H2,1-3H3,(H,24,25)/b12-10+. The van der Waals surface area contributed by atoms with Gasteiger partial charge >= 0.3 is 6.61 Å². The van der Waals surface area contributed by atoms with Crippen molar-refractivity contribution in [1.82, 2.24) is 5.32 Å². The summed E-state index contributed by atoms with van der Waals surface area (Å²) >= 11 is 0. The molecule has 6 heteroatoms. The predicted octanol–water partition coefficient (Wildman–Crippen LogP) is 4.89. The molecule has 1 amide bonds. The van der Waals surface area contributed by atoms with E-state index in [9.17, 15) is 13.6 Å². The summed E-state index contributed by atoms with van der Waals surface area (Å²) in [7, 11) is 0. The second-order valence-electron chi connectivity index (χ2n) is 5.94. The molecule has 0 spiro atoms. The zero-order valence-corrected chi connectivity index (χ0v) is 15.5. The fourth-order valence-electron chi connectivity index (χ4n) is 2.67. The third kappa shape index (κ3) is 6.09. The van der Waals surface area contributed by atoms with Crippen LogP contribution in [0.2, 0.25) is 0 Å². The van der Waals surface area contributed by atoms with Gasteiger partial charge in [0.05, 0.1) is 12.6 Å². The Morgan fingerprint density at radius 3 is 2.59 bits per heavy atom. The van der Waals surface area contributed by atoms with Crippen molar-refractivity contribution in [3.63, 3.8) is 0 Å². The minimum Gasteiger partial charge on any atom is -0.490 e. The molecule has 2 aromatic carbocycles. The fraction of sp³-hybridized carbons (Fsp3) is 0.286. The van der Waals surface area contributed by atoms with Gasteiger partial charge in [0.2, 0.25) is 5.91 Å². The maximum Gasteiger partial charge on any atom is 0.387 e. The molecule has 2 rings (SSSR count). The minimum absolute atomic E-state index is 0.0402. The fourth-order valence-corrected chi connectivity index (χ4v) is 2.67. The maximum absolute atomic E-state index is 12.4. The van der Waals surface area contributed by atoms with Gasteiger partial charge in [-0.05, 0) is 55.7 Å². The molecule has 0 saturated carbocycles. The largest absolute Gasteiger partial charge is 0.490 e. The molecule has 0 aromatic heterocycles. The Hall–Kier alpha value is -2.89. The van der Waals surface area contributed by atoms with Crippen LogP contribution in [0.4, 0.5) is 8.78 Å². The van der Waals surface area contributed by atoms with Crippen molar-refractivity contribution < 1.29 is 23.0 Å². The molecule has 0 bridgehead atoms. The van der Waals surface area contributed by atoms with Gasteiger partial charge in [-0.3, -0.25) is 4.79 Å². The van der Waals surface area contributed by atoms with Crippen LogP contribution in [0.25, 0.3) is 6.08 Å². The van der Waals surface area contributed by atoms with Crippen LogP contribution in [0.3, 0.4) is 0 Å². The van der Waals surface area contributed by atoms with Crippen LogP contribution >= 0.6 is 0 Å². The number of rotatable bonds is 8. The lowest BCUT2D eigenvalue weighted by Gasteiger charge is -2.15. The first kappa shape index (κ1) is 20.4. The number of ether oxygens (including phenoxy) is 2. The van der Waals surface area contributed by atoms with Crippen LogP contribution in [-0.2, 0) is 4.79 Å². The number of hydrogen-bond acceptors (Lipinski definition) is 3. The van der Waals surface area contributed by atoms with E-state index < -0.39 is 6.61 Å². The van der Waals surface area contributed by atoms with Gasteiger partial charge in [0, 0.05) is 6.08 Å². The Kier molecular flexibility index (Phi) is 7.34. The molecular formula is C21H23F2NO3.